The summed E-state index contributed by atoms with van der Waals surface area (Å²) in [6, 6.07) is 5.15. The summed E-state index contributed by atoms with van der Waals surface area (Å²) < 4.78 is 13.5. The summed E-state index contributed by atoms with van der Waals surface area (Å²) in [6.45, 7) is 7.02. The van der Waals surface area contributed by atoms with Gasteiger partial charge in [0.2, 0.25) is 0 Å². The third-order valence-electron chi connectivity index (χ3n) is 4.03. The van der Waals surface area contributed by atoms with Gasteiger partial charge in [0, 0.05) is 25.3 Å². The molecule has 0 aliphatic carbocycles. The van der Waals surface area contributed by atoms with Crippen LogP contribution in [0.1, 0.15) is 32.3 Å². The Hall–Kier alpha value is -1.09. The lowest BCUT2D eigenvalue weighted by atomic mass is 9.86. The summed E-state index contributed by atoms with van der Waals surface area (Å²) in [6.07, 6.45) is 2.40. The average Bonchev–Trinajstić information content (AvgIpc) is 2.38. The van der Waals surface area contributed by atoms with Crippen LogP contribution in [0.25, 0.3) is 0 Å². The van der Waals surface area contributed by atoms with Gasteiger partial charge in [0.15, 0.2) is 0 Å². The number of piperidine rings is 1. The maximum Gasteiger partial charge on any atom is 0.125 e. The van der Waals surface area contributed by atoms with Gasteiger partial charge in [0.05, 0.1) is 0 Å². The molecule has 3 heteroatoms. The van der Waals surface area contributed by atoms with E-state index in [9.17, 15) is 4.39 Å². The molecule has 1 aromatic rings. The second-order valence-corrected chi connectivity index (χ2v) is 5.59. The number of hydrogen-bond acceptors (Lipinski definition) is 2. The van der Waals surface area contributed by atoms with Crippen molar-refractivity contribution >= 4 is 5.69 Å². The lowest BCUT2D eigenvalue weighted by molar-refractivity contribution is 0.311. The Labute approximate surface area is 109 Å². The number of halogens is 1. The number of anilines is 1. The van der Waals surface area contributed by atoms with Crippen LogP contribution < -0.4 is 10.6 Å². The molecular weight excluding hydrogens is 227 g/mol. The first-order chi connectivity index (χ1) is 8.60. The molecule has 1 aliphatic heterocycles. The third kappa shape index (κ3) is 3.02. The van der Waals surface area contributed by atoms with E-state index in [-0.39, 0.29) is 5.82 Å². The van der Waals surface area contributed by atoms with Crippen LogP contribution in [0.4, 0.5) is 10.1 Å². The molecule has 0 radical (unpaired) electrons. The number of hydrogen-bond donors (Lipinski definition) is 1. The predicted molar refractivity (Wildman–Crippen MR) is 74.1 cm³/mol. The molecular formula is C15H23FN2. The topological polar surface area (TPSA) is 29.3 Å². The van der Waals surface area contributed by atoms with E-state index in [1.807, 2.05) is 6.07 Å². The van der Waals surface area contributed by atoms with Crippen molar-refractivity contribution in [2.75, 3.05) is 18.0 Å². The quantitative estimate of drug-likeness (QED) is 0.893. The zero-order valence-corrected chi connectivity index (χ0v) is 11.3. The second kappa shape index (κ2) is 5.70. The second-order valence-electron chi connectivity index (χ2n) is 5.59. The first-order valence-electron chi connectivity index (χ1n) is 6.84. The lowest BCUT2D eigenvalue weighted by Crippen LogP contribution is -2.35. The summed E-state index contributed by atoms with van der Waals surface area (Å²) in [5, 5.41) is 0. The minimum atomic E-state index is -0.182. The largest absolute Gasteiger partial charge is 0.371 e. The van der Waals surface area contributed by atoms with Gasteiger partial charge in [-0.05, 0) is 48.4 Å². The minimum Gasteiger partial charge on any atom is -0.371 e. The number of nitrogens with zero attached hydrogens (tertiary/aromatic N) is 1. The molecule has 1 fully saturated rings. The number of nitrogens with two attached hydrogens (primary N) is 1. The zero-order chi connectivity index (χ0) is 13.1. The van der Waals surface area contributed by atoms with Gasteiger partial charge in [0.1, 0.15) is 5.82 Å². The van der Waals surface area contributed by atoms with Gasteiger partial charge in [-0.25, -0.2) is 4.39 Å². The molecule has 0 saturated carbocycles. The van der Waals surface area contributed by atoms with Crippen LogP contribution in [-0.4, -0.2) is 13.1 Å². The fraction of sp³-hybridized carbons (Fsp3) is 0.600. The summed E-state index contributed by atoms with van der Waals surface area (Å²) in [7, 11) is 0. The van der Waals surface area contributed by atoms with Crippen LogP contribution in [0.2, 0.25) is 0 Å². The predicted octanol–water partition coefficient (Wildman–Crippen LogP) is 3.16. The molecule has 1 aliphatic rings. The molecule has 1 heterocycles. The SMILES string of the molecule is CC(C)C1CCN(c2cc(F)cc(CN)c2)CC1. The average molecular weight is 250 g/mol. The van der Waals surface area contributed by atoms with Gasteiger partial charge >= 0.3 is 0 Å². The van der Waals surface area contributed by atoms with Crippen molar-refractivity contribution in [3.63, 3.8) is 0 Å². The highest BCUT2D eigenvalue weighted by Gasteiger charge is 2.22. The number of benzene rings is 1. The molecule has 0 amide bonds. The summed E-state index contributed by atoms with van der Waals surface area (Å²) in [5.74, 6) is 1.38. The lowest BCUT2D eigenvalue weighted by Gasteiger charge is -2.35. The van der Waals surface area contributed by atoms with Crippen LogP contribution >= 0.6 is 0 Å². The van der Waals surface area contributed by atoms with Gasteiger partial charge in [-0.1, -0.05) is 13.8 Å². The maximum atomic E-state index is 13.5. The van der Waals surface area contributed by atoms with Crippen molar-refractivity contribution in [1.82, 2.24) is 0 Å². The van der Waals surface area contributed by atoms with E-state index in [1.165, 1.54) is 18.9 Å². The van der Waals surface area contributed by atoms with Gasteiger partial charge in [-0.15, -0.1) is 0 Å². The molecule has 2 nitrogen and oxygen atoms in total. The monoisotopic (exact) mass is 250 g/mol. The van der Waals surface area contributed by atoms with Crippen LogP contribution in [0, 0.1) is 17.7 Å². The molecule has 0 unspecified atom stereocenters. The smallest absolute Gasteiger partial charge is 0.125 e. The Morgan fingerprint density at radius 3 is 2.50 bits per heavy atom. The first-order valence-corrected chi connectivity index (χ1v) is 6.84. The van der Waals surface area contributed by atoms with Crippen molar-refractivity contribution in [2.24, 2.45) is 17.6 Å². The summed E-state index contributed by atoms with van der Waals surface area (Å²) in [5.41, 5.74) is 7.45. The normalized spacial score (nSPS) is 17.5. The van der Waals surface area contributed by atoms with E-state index in [1.54, 1.807) is 6.07 Å². The number of rotatable bonds is 3. The Morgan fingerprint density at radius 1 is 1.28 bits per heavy atom. The van der Waals surface area contributed by atoms with Gasteiger partial charge in [0.25, 0.3) is 0 Å². The molecule has 0 atom stereocenters. The molecule has 1 saturated heterocycles. The molecule has 2 N–H and O–H groups in total. The zero-order valence-electron chi connectivity index (χ0n) is 11.3. The van der Waals surface area contributed by atoms with Crippen LogP contribution in [-0.2, 0) is 6.54 Å². The fourth-order valence-electron chi connectivity index (χ4n) is 2.76. The van der Waals surface area contributed by atoms with Crippen LogP contribution in [0.5, 0.6) is 0 Å². The van der Waals surface area contributed by atoms with E-state index < -0.39 is 0 Å². The molecule has 100 valence electrons. The molecule has 0 spiro atoms. The van der Waals surface area contributed by atoms with E-state index >= 15 is 0 Å². The van der Waals surface area contributed by atoms with Gasteiger partial charge in [-0.2, -0.15) is 0 Å². The standard InChI is InChI=1S/C15H23FN2/c1-11(2)13-3-5-18(6-4-13)15-8-12(10-17)7-14(16)9-15/h7-9,11,13H,3-6,10,17H2,1-2H3. The van der Waals surface area contributed by atoms with Gasteiger partial charge < -0.3 is 10.6 Å². The first kappa shape index (κ1) is 13.3. The van der Waals surface area contributed by atoms with E-state index in [4.69, 9.17) is 5.73 Å². The maximum absolute atomic E-state index is 13.5. The Morgan fingerprint density at radius 2 is 1.94 bits per heavy atom. The Balaban J connectivity index is 2.07. The van der Waals surface area contributed by atoms with Crippen molar-refractivity contribution < 1.29 is 4.39 Å². The van der Waals surface area contributed by atoms with Crippen LogP contribution in [0.3, 0.4) is 0 Å². The van der Waals surface area contributed by atoms with Crippen molar-refractivity contribution in [3.05, 3.63) is 29.6 Å². The van der Waals surface area contributed by atoms with E-state index in [0.29, 0.717) is 6.54 Å². The van der Waals surface area contributed by atoms with Crippen molar-refractivity contribution in [2.45, 2.75) is 33.2 Å². The molecule has 0 bridgehead atoms. The Bertz CT molecular complexity index is 395. The molecule has 18 heavy (non-hydrogen) atoms. The summed E-state index contributed by atoms with van der Waals surface area (Å²) >= 11 is 0. The van der Waals surface area contributed by atoms with Crippen molar-refractivity contribution in [1.29, 1.82) is 0 Å². The molecule has 0 aromatic heterocycles. The molecule has 1 aromatic carbocycles. The minimum absolute atomic E-state index is 0.182. The Kier molecular flexibility index (Phi) is 4.23. The van der Waals surface area contributed by atoms with E-state index in [0.717, 1.165) is 36.2 Å². The molecule has 2 rings (SSSR count). The van der Waals surface area contributed by atoms with Crippen LogP contribution in [0.15, 0.2) is 18.2 Å². The fourth-order valence-corrected chi connectivity index (χ4v) is 2.76. The third-order valence-corrected chi connectivity index (χ3v) is 4.03. The van der Waals surface area contributed by atoms with E-state index in [2.05, 4.69) is 18.7 Å². The highest BCUT2D eigenvalue weighted by Crippen LogP contribution is 2.28. The summed E-state index contributed by atoms with van der Waals surface area (Å²) in [4.78, 5) is 2.28. The highest BCUT2D eigenvalue weighted by atomic mass is 19.1. The van der Waals surface area contributed by atoms with Gasteiger partial charge in [-0.3, -0.25) is 0 Å². The highest BCUT2D eigenvalue weighted by molar-refractivity contribution is 5.49. The van der Waals surface area contributed by atoms with Crippen molar-refractivity contribution in [3.8, 4) is 0 Å².